The summed E-state index contributed by atoms with van der Waals surface area (Å²) in [6.07, 6.45) is 0. The topological polar surface area (TPSA) is 57.6 Å². The Bertz CT molecular complexity index is 1150. The van der Waals surface area contributed by atoms with Gasteiger partial charge >= 0.3 is 5.97 Å². The minimum absolute atomic E-state index is 0.0261. The SMILES string of the molecule is O=C(O)C1c2ccccc2C(=O)N(Cc2cccc(F)c2)C1c1ccc(Cl)cc1Cl. The summed E-state index contributed by atoms with van der Waals surface area (Å²) in [5.41, 5.74) is 1.74. The number of fused-ring (bicyclic) bond motifs is 1. The Morgan fingerprint density at radius 1 is 1.00 bits per heavy atom. The maximum Gasteiger partial charge on any atom is 0.313 e. The number of rotatable bonds is 4. The first kappa shape index (κ1) is 20.4. The van der Waals surface area contributed by atoms with Crippen LogP contribution in [0, 0.1) is 5.82 Å². The molecule has 3 aromatic rings. The van der Waals surface area contributed by atoms with Crippen LogP contribution in [0.15, 0.2) is 66.7 Å². The molecule has 4 rings (SSSR count). The summed E-state index contributed by atoms with van der Waals surface area (Å²) in [6.45, 7) is 0.0261. The normalized spacial score (nSPS) is 18.2. The van der Waals surface area contributed by atoms with Gasteiger partial charge in [0.15, 0.2) is 0 Å². The fraction of sp³-hybridized carbons (Fsp3) is 0.130. The van der Waals surface area contributed by atoms with Crippen molar-refractivity contribution in [2.45, 2.75) is 18.5 Å². The predicted octanol–water partition coefficient (Wildman–Crippen LogP) is 5.70. The summed E-state index contributed by atoms with van der Waals surface area (Å²) in [6, 6.07) is 16.4. The number of carboxylic acid groups (broad SMARTS) is 1. The Morgan fingerprint density at radius 2 is 1.77 bits per heavy atom. The average molecular weight is 444 g/mol. The summed E-state index contributed by atoms with van der Waals surface area (Å²) in [7, 11) is 0. The fourth-order valence-electron chi connectivity index (χ4n) is 3.95. The van der Waals surface area contributed by atoms with Gasteiger partial charge in [-0.2, -0.15) is 0 Å². The summed E-state index contributed by atoms with van der Waals surface area (Å²) < 4.78 is 13.8. The average Bonchev–Trinajstić information content (AvgIpc) is 2.70. The molecule has 152 valence electrons. The van der Waals surface area contributed by atoms with Crippen molar-refractivity contribution in [1.29, 1.82) is 0 Å². The molecule has 7 heteroatoms. The molecule has 1 aliphatic heterocycles. The highest BCUT2D eigenvalue weighted by Gasteiger charge is 2.44. The van der Waals surface area contributed by atoms with Crippen LogP contribution in [0.4, 0.5) is 4.39 Å². The van der Waals surface area contributed by atoms with Crippen molar-refractivity contribution in [3.8, 4) is 0 Å². The van der Waals surface area contributed by atoms with Gasteiger partial charge in [0.05, 0.1) is 6.04 Å². The zero-order chi connectivity index (χ0) is 21.4. The highest BCUT2D eigenvalue weighted by atomic mass is 35.5. The maximum atomic E-state index is 13.8. The van der Waals surface area contributed by atoms with E-state index in [0.29, 0.717) is 27.3 Å². The van der Waals surface area contributed by atoms with Crippen LogP contribution >= 0.6 is 23.2 Å². The van der Waals surface area contributed by atoms with E-state index in [4.69, 9.17) is 23.2 Å². The lowest BCUT2D eigenvalue weighted by Gasteiger charge is -2.41. The predicted molar refractivity (Wildman–Crippen MR) is 112 cm³/mol. The number of nitrogens with zero attached hydrogens (tertiary/aromatic N) is 1. The highest BCUT2D eigenvalue weighted by molar-refractivity contribution is 6.35. The third kappa shape index (κ3) is 3.66. The van der Waals surface area contributed by atoms with Gasteiger partial charge in [-0.15, -0.1) is 0 Å². The van der Waals surface area contributed by atoms with E-state index in [-0.39, 0.29) is 17.5 Å². The number of halogens is 3. The molecule has 1 N–H and O–H groups in total. The van der Waals surface area contributed by atoms with E-state index < -0.39 is 23.7 Å². The molecule has 1 aliphatic rings. The quantitative estimate of drug-likeness (QED) is 0.562. The second kappa shape index (κ2) is 8.09. The van der Waals surface area contributed by atoms with E-state index in [2.05, 4.69) is 0 Å². The monoisotopic (exact) mass is 443 g/mol. The van der Waals surface area contributed by atoms with Gasteiger partial charge in [-0.25, -0.2) is 4.39 Å². The van der Waals surface area contributed by atoms with Gasteiger partial charge in [0.1, 0.15) is 11.7 Å². The maximum absolute atomic E-state index is 13.8. The lowest BCUT2D eigenvalue weighted by Crippen LogP contribution is -2.44. The molecule has 3 aromatic carbocycles. The van der Waals surface area contributed by atoms with E-state index in [1.54, 1.807) is 48.5 Å². The van der Waals surface area contributed by atoms with Crippen molar-refractivity contribution in [2.24, 2.45) is 0 Å². The van der Waals surface area contributed by atoms with Gasteiger partial charge in [-0.05, 0) is 47.0 Å². The standard InChI is InChI=1S/C23H16Cl2FNO3/c24-14-8-9-18(19(25)11-14)21-20(23(29)30)16-6-1-2-7-17(16)22(28)27(21)12-13-4-3-5-15(26)10-13/h1-11,20-21H,12H2,(H,29,30). The fourth-order valence-corrected chi connectivity index (χ4v) is 4.47. The van der Waals surface area contributed by atoms with Crippen molar-refractivity contribution >= 4 is 35.1 Å². The summed E-state index contributed by atoms with van der Waals surface area (Å²) in [5.74, 6) is -2.92. The van der Waals surface area contributed by atoms with Crippen LogP contribution in [-0.4, -0.2) is 21.9 Å². The Morgan fingerprint density at radius 3 is 2.47 bits per heavy atom. The summed E-state index contributed by atoms with van der Waals surface area (Å²) >= 11 is 12.5. The van der Waals surface area contributed by atoms with E-state index in [9.17, 15) is 19.1 Å². The van der Waals surface area contributed by atoms with Crippen molar-refractivity contribution in [3.05, 3.63) is 105 Å². The molecule has 2 unspecified atom stereocenters. The zero-order valence-corrected chi connectivity index (χ0v) is 17.1. The lowest BCUT2D eigenvalue weighted by atomic mass is 9.79. The molecule has 0 radical (unpaired) electrons. The summed E-state index contributed by atoms with van der Waals surface area (Å²) in [4.78, 5) is 27.2. The van der Waals surface area contributed by atoms with Crippen LogP contribution in [-0.2, 0) is 11.3 Å². The van der Waals surface area contributed by atoms with E-state index in [1.807, 2.05) is 0 Å². The third-order valence-electron chi connectivity index (χ3n) is 5.23. The smallest absolute Gasteiger partial charge is 0.313 e. The molecule has 2 atom stereocenters. The molecule has 0 saturated heterocycles. The van der Waals surface area contributed by atoms with Crippen molar-refractivity contribution < 1.29 is 19.1 Å². The molecule has 0 aliphatic carbocycles. The van der Waals surface area contributed by atoms with Crippen molar-refractivity contribution in [1.82, 2.24) is 4.90 Å². The molecule has 0 fully saturated rings. The number of benzene rings is 3. The largest absolute Gasteiger partial charge is 0.481 e. The molecular weight excluding hydrogens is 428 g/mol. The van der Waals surface area contributed by atoms with E-state index in [0.717, 1.165) is 0 Å². The first-order chi connectivity index (χ1) is 14.4. The van der Waals surface area contributed by atoms with E-state index in [1.165, 1.54) is 23.1 Å². The Labute approximate surface area is 182 Å². The van der Waals surface area contributed by atoms with Gasteiger partial charge in [-0.1, -0.05) is 59.6 Å². The molecular formula is C23H16Cl2FNO3. The van der Waals surface area contributed by atoms with Gasteiger partial charge in [0.25, 0.3) is 5.91 Å². The van der Waals surface area contributed by atoms with Crippen LogP contribution in [0.1, 0.15) is 39.0 Å². The van der Waals surface area contributed by atoms with Gasteiger partial charge < -0.3 is 10.0 Å². The van der Waals surface area contributed by atoms with Crippen LogP contribution in [0.5, 0.6) is 0 Å². The number of hydrogen-bond donors (Lipinski definition) is 1. The molecule has 0 bridgehead atoms. The number of carboxylic acids is 1. The second-order valence-corrected chi connectivity index (χ2v) is 7.92. The Balaban J connectivity index is 1.92. The Hall–Kier alpha value is -2.89. The molecule has 0 spiro atoms. The molecule has 30 heavy (non-hydrogen) atoms. The summed E-state index contributed by atoms with van der Waals surface area (Å²) in [5, 5.41) is 10.8. The molecule has 0 saturated carbocycles. The molecule has 4 nitrogen and oxygen atoms in total. The van der Waals surface area contributed by atoms with Crippen LogP contribution in [0.25, 0.3) is 0 Å². The lowest BCUT2D eigenvalue weighted by molar-refractivity contribution is -0.140. The van der Waals surface area contributed by atoms with Crippen molar-refractivity contribution in [2.75, 3.05) is 0 Å². The highest BCUT2D eigenvalue weighted by Crippen LogP contribution is 2.45. The minimum atomic E-state index is -1.09. The zero-order valence-electron chi connectivity index (χ0n) is 15.6. The first-order valence-corrected chi connectivity index (χ1v) is 9.94. The van der Waals surface area contributed by atoms with Gasteiger partial charge in [0.2, 0.25) is 0 Å². The van der Waals surface area contributed by atoms with Crippen LogP contribution < -0.4 is 0 Å². The molecule has 1 heterocycles. The number of amides is 1. The number of hydrogen-bond acceptors (Lipinski definition) is 2. The number of carbonyl (C=O) groups is 2. The number of aliphatic carboxylic acids is 1. The third-order valence-corrected chi connectivity index (χ3v) is 5.79. The first-order valence-electron chi connectivity index (χ1n) is 9.19. The number of carbonyl (C=O) groups excluding carboxylic acids is 1. The van der Waals surface area contributed by atoms with Crippen LogP contribution in [0.3, 0.4) is 0 Å². The second-order valence-electron chi connectivity index (χ2n) is 7.08. The van der Waals surface area contributed by atoms with Crippen molar-refractivity contribution in [3.63, 3.8) is 0 Å². The Kier molecular flexibility index (Phi) is 5.50. The molecule has 0 aromatic heterocycles. The molecule has 1 amide bonds. The van der Waals surface area contributed by atoms with Gasteiger partial charge in [0, 0.05) is 22.2 Å². The van der Waals surface area contributed by atoms with Gasteiger partial charge in [-0.3, -0.25) is 9.59 Å². The van der Waals surface area contributed by atoms with E-state index >= 15 is 0 Å². The van der Waals surface area contributed by atoms with Crippen LogP contribution in [0.2, 0.25) is 10.0 Å². The minimum Gasteiger partial charge on any atom is -0.481 e.